The third-order valence-corrected chi connectivity index (χ3v) is 3.71. The highest BCUT2D eigenvalue weighted by molar-refractivity contribution is 9.09. The van der Waals surface area contributed by atoms with E-state index in [1.807, 2.05) is 0 Å². The van der Waals surface area contributed by atoms with Crippen molar-refractivity contribution in [2.75, 3.05) is 0 Å². The van der Waals surface area contributed by atoms with E-state index in [0.29, 0.717) is 4.83 Å². The molecule has 0 saturated heterocycles. The Bertz CT molecular complexity index is 115. The molecule has 0 heterocycles. The fourth-order valence-corrected chi connectivity index (χ4v) is 2.06. The maximum Gasteiger partial charge on any atom is 0.0208 e. The van der Waals surface area contributed by atoms with Crippen LogP contribution in [0.2, 0.25) is 0 Å². The van der Waals surface area contributed by atoms with E-state index < -0.39 is 0 Å². The number of hydrogen-bond acceptors (Lipinski definition) is 0. The summed E-state index contributed by atoms with van der Waals surface area (Å²) in [6.07, 6.45) is 7.05. The number of rotatable bonds is 0. The molecule has 0 saturated carbocycles. The van der Waals surface area contributed by atoms with Crippen molar-refractivity contribution in [1.82, 2.24) is 0 Å². The van der Waals surface area contributed by atoms with Gasteiger partial charge in [0.1, 0.15) is 0 Å². The van der Waals surface area contributed by atoms with Crippen LogP contribution in [0.15, 0.2) is 12.2 Å². The summed E-state index contributed by atoms with van der Waals surface area (Å²) in [4.78, 5) is 0.696. The molecule has 0 aromatic heterocycles. The van der Waals surface area contributed by atoms with E-state index in [9.17, 15) is 0 Å². The third kappa shape index (κ3) is 1.85. The van der Waals surface area contributed by atoms with Crippen molar-refractivity contribution in [3.05, 3.63) is 12.2 Å². The molecule has 3 unspecified atom stereocenters. The Morgan fingerprint density at radius 2 is 1.80 bits per heavy atom. The van der Waals surface area contributed by atoms with E-state index in [2.05, 4.69) is 41.9 Å². The van der Waals surface area contributed by atoms with Crippen molar-refractivity contribution >= 4 is 15.9 Å². The van der Waals surface area contributed by atoms with Crippen molar-refractivity contribution in [3.63, 3.8) is 0 Å². The molecule has 0 fully saturated rings. The summed E-state index contributed by atoms with van der Waals surface area (Å²) in [5, 5.41) is 0. The zero-order chi connectivity index (χ0) is 7.56. The Kier molecular flexibility index (Phi) is 2.96. The maximum absolute atomic E-state index is 3.69. The molecule has 3 atom stereocenters. The van der Waals surface area contributed by atoms with Gasteiger partial charge < -0.3 is 0 Å². The molecule has 0 aromatic carbocycles. The number of hydrogen-bond donors (Lipinski definition) is 0. The molecule has 0 radical (unpaired) electrons. The molecule has 0 amide bonds. The van der Waals surface area contributed by atoms with Crippen LogP contribution in [0.3, 0.4) is 0 Å². The molecule has 58 valence electrons. The van der Waals surface area contributed by atoms with Crippen molar-refractivity contribution in [2.45, 2.75) is 31.5 Å². The molecule has 10 heavy (non-hydrogen) atoms. The van der Waals surface area contributed by atoms with E-state index in [4.69, 9.17) is 0 Å². The largest absolute Gasteiger partial charge is 0.0884 e. The maximum atomic E-state index is 3.69. The first kappa shape index (κ1) is 8.32. The summed E-state index contributed by atoms with van der Waals surface area (Å²) in [5.74, 6) is 1.65. The first-order valence-corrected chi connectivity index (χ1v) is 4.92. The fourth-order valence-electron chi connectivity index (χ4n) is 1.32. The molecule has 1 rings (SSSR count). The van der Waals surface area contributed by atoms with Crippen LogP contribution < -0.4 is 0 Å². The zero-order valence-corrected chi connectivity index (χ0v) is 8.26. The van der Waals surface area contributed by atoms with Gasteiger partial charge in [0.2, 0.25) is 0 Å². The second kappa shape index (κ2) is 3.56. The SMILES string of the molecule is CC1CC=CCC(Br)C1C. The van der Waals surface area contributed by atoms with Crippen LogP contribution in [0.5, 0.6) is 0 Å². The van der Waals surface area contributed by atoms with E-state index in [-0.39, 0.29) is 0 Å². The van der Waals surface area contributed by atoms with Crippen molar-refractivity contribution in [2.24, 2.45) is 11.8 Å². The smallest absolute Gasteiger partial charge is 0.0208 e. The molecular weight excluding hydrogens is 188 g/mol. The Morgan fingerprint density at radius 1 is 1.20 bits per heavy atom. The molecular formula is C9H15Br. The van der Waals surface area contributed by atoms with Gasteiger partial charge in [-0.25, -0.2) is 0 Å². The highest BCUT2D eigenvalue weighted by Gasteiger charge is 2.20. The standard InChI is InChI=1S/C9H15Br/c1-7-5-3-4-6-9(10)8(7)2/h3-4,7-9H,5-6H2,1-2H3. The minimum atomic E-state index is 0.696. The van der Waals surface area contributed by atoms with Gasteiger partial charge in [0.05, 0.1) is 0 Å². The van der Waals surface area contributed by atoms with Gasteiger partial charge in [-0.05, 0) is 24.7 Å². The van der Waals surface area contributed by atoms with E-state index >= 15 is 0 Å². The molecule has 0 N–H and O–H groups in total. The van der Waals surface area contributed by atoms with Crippen molar-refractivity contribution in [1.29, 1.82) is 0 Å². The molecule has 1 heteroatoms. The van der Waals surface area contributed by atoms with Gasteiger partial charge in [-0.3, -0.25) is 0 Å². The normalized spacial score (nSPS) is 41.3. The van der Waals surface area contributed by atoms with Gasteiger partial charge in [-0.2, -0.15) is 0 Å². The summed E-state index contributed by atoms with van der Waals surface area (Å²) in [6, 6.07) is 0. The van der Waals surface area contributed by atoms with Gasteiger partial charge in [-0.1, -0.05) is 41.9 Å². The molecule has 0 spiro atoms. The van der Waals surface area contributed by atoms with Crippen LogP contribution in [0, 0.1) is 11.8 Å². The van der Waals surface area contributed by atoms with E-state index in [0.717, 1.165) is 11.8 Å². The lowest BCUT2D eigenvalue weighted by Gasteiger charge is -2.20. The molecule has 0 aromatic rings. The lowest BCUT2D eigenvalue weighted by atomic mass is 9.91. The van der Waals surface area contributed by atoms with Crippen LogP contribution in [-0.2, 0) is 0 Å². The van der Waals surface area contributed by atoms with E-state index in [1.54, 1.807) is 0 Å². The highest BCUT2D eigenvalue weighted by atomic mass is 79.9. The summed E-state index contributed by atoms with van der Waals surface area (Å²) in [7, 11) is 0. The molecule has 0 nitrogen and oxygen atoms in total. The predicted octanol–water partition coefficient (Wildman–Crippen LogP) is 3.37. The lowest BCUT2D eigenvalue weighted by Crippen LogP contribution is -2.16. The molecule has 0 aliphatic heterocycles. The average Bonchev–Trinajstić information content (AvgIpc) is 2.04. The molecule has 0 bridgehead atoms. The van der Waals surface area contributed by atoms with Gasteiger partial charge in [-0.15, -0.1) is 0 Å². The fraction of sp³-hybridized carbons (Fsp3) is 0.778. The minimum Gasteiger partial charge on any atom is -0.0884 e. The summed E-state index contributed by atoms with van der Waals surface area (Å²) < 4.78 is 0. The minimum absolute atomic E-state index is 0.696. The molecule has 1 aliphatic rings. The quantitative estimate of drug-likeness (QED) is 0.418. The van der Waals surface area contributed by atoms with Gasteiger partial charge >= 0.3 is 0 Å². The van der Waals surface area contributed by atoms with Crippen LogP contribution in [0.25, 0.3) is 0 Å². The van der Waals surface area contributed by atoms with Crippen LogP contribution >= 0.6 is 15.9 Å². The Labute approximate surface area is 71.8 Å². The number of halogens is 1. The zero-order valence-electron chi connectivity index (χ0n) is 6.68. The average molecular weight is 203 g/mol. The molecule has 1 aliphatic carbocycles. The number of alkyl halides is 1. The monoisotopic (exact) mass is 202 g/mol. The van der Waals surface area contributed by atoms with Crippen LogP contribution in [0.4, 0.5) is 0 Å². The summed E-state index contributed by atoms with van der Waals surface area (Å²) in [6.45, 7) is 4.66. The van der Waals surface area contributed by atoms with Gasteiger partial charge in [0, 0.05) is 4.83 Å². The lowest BCUT2D eigenvalue weighted by molar-refractivity contribution is 0.391. The Hall–Kier alpha value is 0.220. The second-order valence-electron chi connectivity index (χ2n) is 3.30. The topological polar surface area (TPSA) is 0 Å². The van der Waals surface area contributed by atoms with Gasteiger partial charge in [0.25, 0.3) is 0 Å². The third-order valence-electron chi connectivity index (χ3n) is 2.50. The first-order chi connectivity index (χ1) is 4.72. The van der Waals surface area contributed by atoms with E-state index in [1.165, 1.54) is 12.8 Å². The number of allylic oxidation sites excluding steroid dienone is 2. The predicted molar refractivity (Wildman–Crippen MR) is 49.4 cm³/mol. The van der Waals surface area contributed by atoms with Gasteiger partial charge in [0.15, 0.2) is 0 Å². The highest BCUT2D eigenvalue weighted by Crippen LogP contribution is 2.29. The Balaban J connectivity index is 2.56. The summed E-state index contributed by atoms with van der Waals surface area (Å²) >= 11 is 3.69. The Morgan fingerprint density at radius 3 is 2.50 bits per heavy atom. The first-order valence-electron chi connectivity index (χ1n) is 4.01. The summed E-state index contributed by atoms with van der Waals surface area (Å²) in [5.41, 5.74) is 0. The van der Waals surface area contributed by atoms with Crippen LogP contribution in [0.1, 0.15) is 26.7 Å². The van der Waals surface area contributed by atoms with Crippen molar-refractivity contribution < 1.29 is 0 Å². The second-order valence-corrected chi connectivity index (χ2v) is 4.47. The van der Waals surface area contributed by atoms with Crippen LogP contribution in [-0.4, -0.2) is 4.83 Å². The van der Waals surface area contributed by atoms with Crippen molar-refractivity contribution in [3.8, 4) is 0 Å².